The zero-order valence-electron chi connectivity index (χ0n) is 9.75. The van der Waals surface area contributed by atoms with Gasteiger partial charge in [0.1, 0.15) is 12.2 Å². The van der Waals surface area contributed by atoms with Gasteiger partial charge < -0.3 is 9.94 Å². The highest BCUT2D eigenvalue weighted by Crippen LogP contribution is 2.10. The van der Waals surface area contributed by atoms with Gasteiger partial charge in [0.2, 0.25) is 0 Å². The van der Waals surface area contributed by atoms with E-state index in [2.05, 4.69) is 0 Å². The molecule has 0 aliphatic rings. The van der Waals surface area contributed by atoms with Gasteiger partial charge in [-0.2, -0.15) is 4.73 Å². The summed E-state index contributed by atoms with van der Waals surface area (Å²) in [6, 6.07) is 9.64. The number of nitrogens with zero attached hydrogens (tertiary/aromatic N) is 1. The molecule has 1 N–H and O–H groups in total. The van der Waals surface area contributed by atoms with Crippen molar-refractivity contribution in [1.82, 2.24) is 4.73 Å². The first-order valence-corrected chi connectivity index (χ1v) is 5.78. The van der Waals surface area contributed by atoms with Crippen molar-refractivity contribution >= 4 is 17.6 Å². The SMILES string of the molecule is O=C(O)c1cccn(OCc2cccc(Cl)c2)c1=O. The Morgan fingerprint density at radius 1 is 1.32 bits per heavy atom. The van der Waals surface area contributed by atoms with Crippen LogP contribution >= 0.6 is 11.6 Å². The number of aromatic nitrogens is 1. The molecule has 0 aliphatic heterocycles. The number of benzene rings is 1. The second-order valence-corrected chi connectivity index (χ2v) is 4.20. The second kappa shape index (κ2) is 5.58. The van der Waals surface area contributed by atoms with E-state index >= 15 is 0 Å². The average molecular weight is 280 g/mol. The number of halogens is 1. The topological polar surface area (TPSA) is 68.5 Å². The first kappa shape index (κ1) is 13.2. The Morgan fingerprint density at radius 3 is 2.79 bits per heavy atom. The molecule has 1 heterocycles. The van der Waals surface area contributed by atoms with Gasteiger partial charge in [-0.1, -0.05) is 23.7 Å². The number of pyridine rings is 1. The average Bonchev–Trinajstić information content (AvgIpc) is 2.37. The molecule has 0 bridgehead atoms. The molecule has 5 nitrogen and oxygen atoms in total. The number of hydrogen-bond acceptors (Lipinski definition) is 3. The minimum absolute atomic E-state index is 0.115. The fourth-order valence-electron chi connectivity index (χ4n) is 1.51. The van der Waals surface area contributed by atoms with E-state index in [4.69, 9.17) is 21.5 Å². The third-order valence-electron chi connectivity index (χ3n) is 2.40. The van der Waals surface area contributed by atoms with Crippen molar-refractivity contribution in [2.45, 2.75) is 6.61 Å². The minimum atomic E-state index is -1.29. The number of carbonyl (C=O) groups is 1. The summed E-state index contributed by atoms with van der Waals surface area (Å²) in [4.78, 5) is 27.8. The second-order valence-electron chi connectivity index (χ2n) is 3.76. The molecule has 0 spiro atoms. The third kappa shape index (κ3) is 3.14. The van der Waals surface area contributed by atoms with Crippen LogP contribution in [0.1, 0.15) is 15.9 Å². The third-order valence-corrected chi connectivity index (χ3v) is 2.64. The molecule has 0 aliphatic carbocycles. The van der Waals surface area contributed by atoms with E-state index < -0.39 is 11.5 Å². The summed E-state index contributed by atoms with van der Waals surface area (Å²) in [5.74, 6) is -1.29. The quantitative estimate of drug-likeness (QED) is 0.927. The molecule has 1 aromatic carbocycles. The van der Waals surface area contributed by atoms with Crippen LogP contribution in [0.25, 0.3) is 0 Å². The summed E-state index contributed by atoms with van der Waals surface area (Å²) in [5.41, 5.74) is -0.272. The van der Waals surface area contributed by atoms with E-state index in [0.717, 1.165) is 10.3 Å². The van der Waals surface area contributed by atoms with Gasteiger partial charge in [0, 0.05) is 11.2 Å². The van der Waals surface area contributed by atoms with Gasteiger partial charge in [0.05, 0.1) is 0 Å². The molecule has 19 heavy (non-hydrogen) atoms. The molecule has 0 atom stereocenters. The Morgan fingerprint density at radius 2 is 2.11 bits per heavy atom. The van der Waals surface area contributed by atoms with Gasteiger partial charge in [-0.25, -0.2) is 4.79 Å². The molecule has 6 heteroatoms. The predicted octanol–water partition coefficient (Wildman–Crippen LogP) is 1.83. The largest absolute Gasteiger partial charge is 0.477 e. The van der Waals surface area contributed by atoms with Crippen molar-refractivity contribution in [3.05, 3.63) is 69.1 Å². The highest BCUT2D eigenvalue weighted by Gasteiger charge is 2.10. The molecular formula is C13H10ClNO4. The van der Waals surface area contributed by atoms with Gasteiger partial charge in [0.25, 0.3) is 5.56 Å². The predicted molar refractivity (Wildman–Crippen MR) is 69.4 cm³/mol. The molecule has 0 unspecified atom stereocenters. The van der Waals surface area contributed by atoms with Crippen LogP contribution in [0.15, 0.2) is 47.4 Å². The highest BCUT2D eigenvalue weighted by molar-refractivity contribution is 6.30. The molecule has 0 saturated carbocycles. The lowest BCUT2D eigenvalue weighted by atomic mass is 10.2. The van der Waals surface area contributed by atoms with Crippen LogP contribution in [0.4, 0.5) is 0 Å². The van der Waals surface area contributed by atoms with Crippen molar-refractivity contribution in [3.8, 4) is 0 Å². The van der Waals surface area contributed by atoms with Crippen LogP contribution in [-0.4, -0.2) is 15.8 Å². The van der Waals surface area contributed by atoms with Crippen LogP contribution in [0.3, 0.4) is 0 Å². The van der Waals surface area contributed by atoms with Crippen molar-refractivity contribution in [2.24, 2.45) is 0 Å². The van der Waals surface area contributed by atoms with Crippen molar-refractivity contribution in [3.63, 3.8) is 0 Å². The molecule has 1 aromatic heterocycles. The molecule has 2 rings (SSSR count). The number of hydrogen-bond donors (Lipinski definition) is 1. The van der Waals surface area contributed by atoms with Crippen LogP contribution < -0.4 is 10.4 Å². The van der Waals surface area contributed by atoms with Crippen molar-refractivity contribution < 1.29 is 14.7 Å². The van der Waals surface area contributed by atoms with E-state index in [1.807, 2.05) is 0 Å². The number of carboxylic acids is 1. The fourth-order valence-corrected chi connectivity index (χ4v) is 1.72. The first-order chi connectivity index (χ1) is 9.08. The van der Waals surface area contributed by atoms with E-state index in [1.54, 1.807) is 24.3 Å². The van der Waals surface area contributed by atoms with E-state index in [9.17, 15) is 9.59 Å². The number of carboxylic acid groups (broad SMARTS) is 1. The summed E-state index contributed by atoms with van der Waals surface area (Å²) in [7, 11) is 0. The zero-order valence-corrected chi connectivity index (χ0v) is 10.5. The fraction of sp³-hybridized carbons (Fsp3) is 0.0769. The molecule has 2 aromatic rings. The molecular weight excluding hydrogens is 270 g/mol. The standard InChI is InChI=1S/C13H10ClNO4/c14-10-4-1-3-9(7-10)8-19-15-6-2-5-11(12(15)16)13(17)18/h1-7H,8H2,(H,17,18). The first-order valence-electron chi connectivity index (χ1n) is 5.40. The summed E-state index contributed by atoms with van der Waals surface area (Å²) in [5, 5.41) is 9.39. The van der Waals surface area contributed by atoms with Gasteiger partial charge in [-0.05, 0) is 29.8 Å². The lowest BCUT2D eigenvalue weighted by Gasteiger charge is -2.08. The van der Waals surface area contributed by atoms with Gasteiger partial charge >= 0.3 is 5.97 Å². The maximum atomic E-state index is 11.7. The minimum Gasteiger partial charge on any atom is -0.477 e. The number of aromatic carboxylic acids is 1. The van der Waals surface area contributed by atoms with Crippen LogP contribution in [0.2, 0.25) is 5.02 Å². The van der Waals surface area contributed by atoms with Crippen LogP contribution in [0, 0.1) is 0 Å². The maximum absolute atomic E-state index is 11.7. The molecule has 0 fully saturated rings. The Kier molecular flexibility index (Phi) is 3.87. The smallest absolute Gasteiger partial charge is 0.341 e. The molecule has 0 saturated heterocycles. The maximum Gasteiger partial charge on any atom is 0.341 e. The number of rotatable bonds is 4. The zero-order chi connectivity index (χ0) is 13.8. The summed E-state index contributed by atoms with van der Waals surface area (Å²) in [6.07, 6.45) is 1.36. The Hall–Kier alpha value is -2.27. The van der Waals surface area contributed by atoms with Gasteiger partial charge in [-0.3, -0.25) is 4.79 Å². The van der Waals surface area contributed by atoms with Crippen molar-refractivity contribution in [2.75, 3.05) is 0 Å². The molecule has 0 radical (unpaired) electrons. The summed E-state index contributed by atoms with van der Waals surface area (Å²) < 4.78 is 0.893. The Labute approximate surface area is 113 Å². The lowest BCUT2D eigenvalue weighted by molar-refractivity contribution is 0.0668. The van der Waals surface area contributed by atoms with Gasteiger partial charge in [-0.15, -0.1) is 0 Å². The molecule has 0 amide bonds. The Balaban J connectivity index is 2.19. The highest BCUT2D eigenvalue weighted by atomic mass is 35.5. The van der Waals surface area contributed by atoms with E-state index in [-0.39, 0.29) is 12.2 Å². The van der Waals surface area contributed by atoms with E-state index in [0.29, 0.717) is 5.02 Å². The van der Waals surface area contributed by atoms with Crippen LogP contribution in [-0.2, 0) is 6.61 Å². The normalized spacial score (nSPS) is 10.2. The molecule has 98 valence electrons. The lowest BCUT2D eigenvalue weighted by Crippen LogP contribution is -2.30. The monoisotopic (exact) mass is 279 g/mol. The summed E-state index contributed by atoms with van der Waals surface area (Å²) >= 11 is 5.82. The summed E-state index contributed by atoms with van der Waals surface area (Å²) in [6.45, 7) is 0.115. The van der Waals surface area contributed by atoms with E-state index in [1.165, 1.54) is 18.3 Å². The van der Waals surface area contributed by atoms with Crippen LogP contribution in [0.5, 0.6) is 0 Å². The van der Waals surface area contributed by atoms with Crippen molar-refractivity contribution in [1.29, 1.82) is 0 Å². The van der Waals surface area contributed by atoms with Gasteiger partial charge in [0.15, 0.2) is 0 Å². The Bertz CT molecular complexity index is 666.